The monoisotopic (exact) mass is 256 g/mol. The van der Waals surface area contributed by atoms with E-state index < -0.39 is 10.0 Å². The molecule has 2 heterocycles. The SMILES string of the molecule is Cc1cncc(S(=O)(=O)N2CCC(O)CC2)c1. The summed E-state index contributed by atoms with van der Waals surface area (Å²) in [6.07, 6.45) is 3.61. The van der Waals surface area contributed by atoms with Crippen molar-refractivity contribution in [3.63, 3.8) is 0 Å². The fourth-order valence-corrected chi connectivity index (χ4v) is 3.42. The smallest absolute Gasteiger partial charge is 0.244 e. The van der Waals surface area contributed by atoms with Gasteiger partial charge in [0.1, 0.15) is 4.90 Å². The third-order valence-electron chi connectivity index (χ3n) is 2.91. The molecule has 1 aliphatic heterocycles. The van der Waals surface area contributed by atoms with Crippen LogP contribution in [0, 0.1) is 6.92 Å². The second-order valence-electron chi connectivity index (χ2n) is 4.33. The van der Waals surface area contributed by atoms with E-state index >= 15 is 0 Å². The largest absolute Gasteiger partial charge is 0.393 e. The van der Waals surface area contributed by atoms with Crippen LogP contribution in [0.25, 0.3) is 0 Å². The molecule has 2 rings (SSSR count). The standard InChI is InChI=1S/C11H16N2O3S/c1-9-6-11(8-12-7-9)17(15,16)13-4-2-10(14)3-5-13/h6-8,10,14H,2-5H2,1H3. The number of aryl methyl sites for hydroxylation is 1. The van der Waals surface area contributed by atoms with Crippen LogP contribution in [0.4, 0.5) is 0 Å². The minimum atomic E-state index is -3.45. The summed E-state index contributed by atoms with van der Waals surface area (Å²) in [5, 5.41) is 9.37. The van der Waals surface area contributed by atoms with Crippen LogP contribution in [-0.4, -0.2) is 42.0 Å². The Kier molecular flexibility index (Phi) is 3.46. The molecule has 5 nitrogen and oxygen atoms in total. The van der Waals surface area contributed by atoms with E-state index in [0.29, 0.717) is 25.9 Å². The second-order valence-corrected chi connectivity index (χ2v) is 6.27. The summed E-state index contributed by atoms with van der Waals surface area (Å²) >= 11 is 0. The predicted octanol–water partition coefficient (Wildman–Crippen LogP) is 0.535. The first-order valence-electron chi connectivity index (χ1n) is 5.60. The lowest BCUT2D eigenvalue weighted by Crippen LogP contribution is -2.40. The molecule has 0 aromatic carbocycles. The molecule has 6 heteroatoms. The Morgan fingerprint density at radius 2 is 2.00 bits per heavy atom. The fourth-order valence-electron chi connectivity index (χ4n) is 1.90. The number of nitrogens with zero attached hydrogens (tertiary/aromatic N) is 2. The Labute approximate surface area is 101 Å². The van der Waals surface area contributed by atoms with Crippen LogP contribution in [-0.2, 0) is 10.0 Å². The first kappa shape index (κ1) is 12.5. The molecule has 1 fully saturated rings. The first-order chi connectivity index (χ1) is 8.00. The lowest BCUT2D eigenvalue weighted by atomic mass is 10.1. The highest BCUT2D eigenvalue weighted by atomic mass is 32.2. The molecule has 1 aliphatic rings. The Morgan fingerprint density at radius 3 is 2.59 bits per heavy atom. The number of aliphatic hydroxyl groups excluding tert-OH is 1. The van der Waals surface area contributed by atoms with E-state index in [1.165, 1.54) is 10.5 Å². The van der Waals surface area contributed by atoms with Crippen LogP contribution in [0.2, 0.25) is 0 Å². The highest BCUT2D eigenvalue weighted by Gasteiger charge is 2.28. The van der Waals surface area contributed by atoms with E-state index in [0.717, 1.165) is 5.56 Å². The number of aliphatic hydroxyl groups is 1. The van der Waals surface area contributed by atoms with E-state index in [2.05, 4.69) is 4.98 Å². The highest BCUT2D eigenvalue weighted by molar-refractivity contribution is 7.89. The quantitative estimate of drug-likeness (QED) is 0.838. The molecule has 94 valence electrons. The van der Waals surface area contributed by atoms with Gasteiger partial charge in [-0.1, -0.05) is 0 Å². The number of sulfonamides is 1. The molecule has 0 aliphatic carbocycles. The second kappa shape index (κ2) is 4.72. The van der Waals surface area contributed by atoms with E-state index in [4.69, 9.17) is 0 Å². The van der Waals surface area contributed by atoms with Gasteiger partial charge in [-0.25, -0.2) is 8.42 Å². The molecule has 1 N–H and O–H groups in total. The van der Waals surface area contributed by atoms with Crippen molar-refractivity contribution in [3.05, 3.63) is 24.0 Å². The maximum atomic E-state index is 12.3. The van der Waals surface area contributed by atoms with Gasteiger partial charge in [-0.2, -0.15) is 4.31 Å². The van der Waals surface area contributed by atoms with Crippen molar-refractivity contribution in [2.75, 3.05) is 13.1 Å². The van der Waals surface area contributed by atoms with Gasteiger partial charge in [0, 0.05) is 25.5 Å². The lowest BCUT2D eigenvalue weighted by Gasteiger charge is -2.28. The summed E-state index contributed by atoms with van der Waals surface area (Å²) in [5.74, 6) is 0. The summed E-state index contributed by atoms with van der Waals surface area (Å²) in [4.78, 5) is 4.14. The van der Waals surface area contributed by atoms with Gasteiger partial charge in [0.2, 0.25) is 10.0 Å². The normalized spacial score (nSPS) is 19.4. The molecule has 0 unspecified atom stereocenters. The van der Waals surface area contributed by atoms with Crippen molar-refractivity contribution >= 4 is 10.0 Å². The number of hydrogen-bond acceptors (Lipinski definition) is 4. The Morgan fingerprint density at radius 1 is 1.35 bits per heavy atom. The summed E-state index contributed by atoms with van der Waals surface area (Å²) in [5.41, 5.74) is 0.822. The summed E-state index contributed by atoms with van der Waals surface area (Å²) < 4.78 is 25.9. The molecule has 0 radical (unpaired) electrons. The minimum absolute atomic E-state index is 0.230. The van der Waals surface area contributed by atoms with Crippen molar-refractivity contribution in [3.8, 4) is 0 Å². The van der Waals surface area contributed by atoms with E-state index in [-0.39, 0.29) is 11.0 Å². The first-order valence-corrected chi connectivity index (χ1v) is 7.04. The molecular weight excluding hydrogens is 240 g/mol. The molecule has 0 amide bonds. The summed E-state index contributed by atoms with van der Waals surface area (Å²) in [6.45, 7) is 2.56. The van der Waals surface area contributed by atoms with Gasteiger partial charge in [-0.15, -0.1) is 0 Å². The van der Waals surface area contributed by atoms with Gasteiger partial charge in [-0.3, -0.25) is 4.98 Å². The number of pyridine rings is 1. The number of rotatable bonds is 2. The molecule has 0 saturated carbocycles. The zero-order valence-electron chi connectivity index (χ0n) is 9.70. The number of aromatic nitrogens is 1. The zero-order chi connectivity index (χ0) is 12.5. The highest BCUT2D eigenvalue weighted by Crippen LogP contribution is 2.20. The minimum Gasteiger partial charge on any atom is -0.393 e. The molecule has 0 spiro atoms. The van der Waals surface area contributed by atoms with Crippen molar-refractivity contribution in [1.82, 2.24) is 9.29 Å². The maximum Gasteiger partial charge on any atom is 0.244 e. The lowest BCUT2D eigenvalue weighted by molar-refractivity contribution is 0.113. The molecule has 0 atom stereocenters. The van der Waals surface area contributed by atoms with E-state index in [1.54, 1.807) is 12.3 Å². The predicted molar refractivity (Wildman–Crippen MR) is 63.0 cm³/mol. The van der Waals surface area contributed by atoms with Gasteiger partial charge in [0.15, 0.2) is 0 Å². The van der Waals surface area contributed by atoms with Gasteiger partial charge in [-0.05, 0) is 31.4 Å². The average Bonchev–Trinajstić information content (AvgIpc) is 2.29. The third-order valence-corrected chi connectivity index (χ3v) is 4.78. The topological polar surface area (TPSA) is 70.5 Å². The third kappa shape index (κ3) is 2.65. The van der Waals surface area contributed by atoms with Crippen molar-refractivity contribution in [2.45, 2.75) is 30.8 Å². The number of piperidine rings is 1. The Hall–Kier alpha value is -0.980. The molecule has 1 saturated heterocycles. The van der Waals surface area contributed by atoms with Crippen LogP contribution in [0.15, 0.2) is 23.4 Å². The molecule has 1 aromatic heterocycles. The molecule has 0 bridgehead atoms. The molecule has 1 aromatic rings. The van der Waals surface area contributed by atoms with Crippen LogP contribution in [0.1, 0.15) is 18.4 Å². The maximum absolute atomic E-state index is 12.3. The Bertz CT molecular complexity index is 493. The van der Waals surface area contributed by atoms with Crippen LogP contribution in [0.5, 0.6) is 0 Å². The number of hydrogen-bond donors (Lipinski definition) is 1. The van der Waals surface area contributed by atoms with E-state index in [9.17, 15) is 13.5 Å². The Balaban J connectivity index is 2.25. The molecular formula is C11H16N2O3S. The van der Waals surface area contributed by atoms with Gasteiger partial charge < -0.3 is 5.11 Å². The van der Waals surface area contributed by atoms with Crippen LogP contribution >= 0.6 is 0 Å². The van der Waals surface area contributed by atoms with Crippen molar-refractivity contribution < 1.29 is 13.5 Å². The van der Waals surface area contributed by atoms with Crippen LogP contribution in [0.3, 0.4) is 0 Å². The summed E-state index contributed by atoms with van der Waals surface area (Å²) in [6, 6.07) is 1.62. The summed E-state index contributed by atoms with van der Waals surface area (Å²) in [7, 11) is -3.45. The fraction of sp³-hybridized carbons (Fsp3) is 0.545. The van der Waals surface area contributed by atoms with Crippen molar-refractivity contribution in [1.29, 1.82) is 0 Å². The van der Waals surface area contributed by atoms with E-state index in [1.807, 2.05) is 6.92 Å². The van der Waals surface area contributed by atoms with Crippen LogP contribution < -0.4 is 0 Å². The van der Waals surface area contributed by atoms with Gasteiger partial charge >= 0.3 is 0 Å². The zero-order valence-corrected chi connectivity index (χ0v) is 10.5. The average molecular weight is 256 g/mol. The molecule has 17 heavy (non-hydrogen) atoms. The van der Waals surface area contributed by atoms with Crippen molar-refractivity contribution in [2.24, 2.45) is 0 Å². The van der Waals surface area contributed by atoms with Gasteiger partial charge in [0.05, 0.1) is 6.10 Å². The van der Waals surface area contributed by atoms with Gasteiger partial charge in [0.25, 0.3) is 0 Å².